The Morgan fingerprint density at radius 1 is 1.67 bits per heavy atom. The van der Waals surface area contributed by atoms with Crippen LogP contribution >= 0.6 is 12.2 Å². The maximum Gasteiger partial charge on any atom is 0.313 e. The number of thiocarbonyl (C=S) groups is 1. The number of halogens is 2. The van der Waals surface area contributed by atoms with Crippen molar-refractivity contribution >= 4 is 17.7 Å². The second kappa shape index (κ2) is 2.96. The third-order valence-corrected chi connectivity index (χ3v) is 0.330. The summed E-state index contributed by atoms with van der Waals surface area (Å²) in [5.74, 6) is 0. The second-order valence-corrected chi connectivity index (χ2v) is 0.821. The van der Waals surface area contributed by atoms with E-state index in [0.29, 0.717) is 0 Å². The smallest absolute Gasteiger partial charge is 0.313 e. The van der Waals surface area contributed by atoms with Crippen molar-refractivity contribution in [3.8, 4) is 0 Å². The van der Waals surface area contributed by atoms with Crippen LogP contribution in [0.1, 0.15) is 0 Å². The van der Waals surface area contributed by atoms with Crippen LogP contribution in [-0.2, 0) is 0 Å². The highest BCUT2D eigenvalue weighted by Crippen LogP contribution is 1.79. The van der Waals surface area contributed by atoms with Crippen molar-refractivity contribution in [3.05, 3.63) is 0 Å². The SMILES string of the molecule is FC(F)NC=S. The Kier molecular flexibility index (Phi) is 2.84. The van der Waals surface area contributed by atoms with E-state index in [-0.39, 0.29) is 0 Å². The summed E-state index contributed by atoms with van der Waals surface area (Å²) in [6, 6.07) is 0. The molecule has 36 valence electrons. The lowest BCUT2D eigenvalue weighted by Crippen LogP contribution is -2.15. The normalized spacial score (nSPS) is 8.50. The molecule has 0 radical (unpaired) electrons. The van der Waals surface area contributed by atoms with Crippen LogP contribution in [-0.4, -0.2) is 12.0 Å². The van der Waals surface area contributed by atoms with E-state index in [1.54, 1.807) is 5.32 Å². The molecule has 6 heavy (non-hydrogen) atoms. The molecule has 0 fully saturated rings. The van der Waals surface area contributed by atoms with Gasteiger partial charge in [-0.05, 0) is 0 Å². The summed E-state index contributed by atoms with van der Waals surface area (Å²) in [7, 11) is 0. The molecule has 0 unspecified atom stereocenters. The summed E-state index contributed by atoms with van der Waals surface area (Å²) in [6.07, 6.45) is 0. The monoisotopic (exact) mass is 111 g/mol. The summed E-state index contributed by atoms with van der Waals surface area (Å²) >= 11 is 4.01. The fraction of sp³-hybridized carbons (Fsp3) is 0.500. The summed E-state index contributed by atoms with van der Waals surface area (Å²) in [5.41, 5.74) is 0.782. The van der Waals surface area contributed by atoms with Gasteiger partial charge in [0.05, 0.1) is 5.49 Å². The lowest BCUT2D eigenvalue weighted by molar-refractivity contribution is 0.134. The molecule has 0 saturated carbocycles. The predicted molar refractivity (Wildman–Crippen MR) is 22.8 cm³/mol. The maximum atomic E-state index is 10.8. The first-order chi connectivity index (χ1) is 2.77. The van der Waals surface area contributed by atoms with Gasteiger partial charge in [-0.25, -0.2) is 0 Å². The molecule has 0 saturated heterocycles. The van der Waals surface area contributed by atoms with Crippen LogP contribution in [0.2, 0.25) is 0 Å². The van der Waals surface area contributed by atoms with E-state index in [4.69, 9.17) is 0 Å². The number of hydrogen-bond donors (Lipinski definition) is 1. The fourth-order valence-corrected chi connectivity index (χ4v) is 0.154. The molecule has 1 nitrogen and oxygen atoms in total. The number of alkyl halides is 2. The molecular formula is C2H3F2NS. The average Bonchev–Trinajstić information content (AvgIpc) is 1.35. The van der Waals surface area contributed by atoms with Crippen molar-refractivity contribution in [1.29, 1.82) is 0 Å². The van der Waals surface area contributed by atoms with E-state index < -0.39 is 6.55 Å². The maximum absolute atomic E-state index is 10.8. The molecule has 0 aromatic rings. The van der Waals surface area contributed by atoms with Crippen molar-refractivity contribution in [2.45, 2.75) is 6.55 Å². The van der Waals surface area contributed by atoms with Gasteiger partial charge >= 0.3 is 6.55 Å². The van der Waals surface area contributed by atoms with Crippen LogP contribution in [0.15, 0.2) is 0 Å². The van der Waals surface area contributed by atoms with Gasteiger partial charge < -0.3 is 5.32 Å². The van der Waals surface area contributed by atoms with E-state index in [1.807, 2.05) is 0 Å². The lowest BCUT2D eigenvalue weighted by atomic mass is 11.2. The molecule has 0 amide bonds. The topological polar surface area (TPSA) is 12.0 Å². The Hall–Kier alpha value is -0.250. The van der Waals surface area contributed by atoms with Gasteiger partial charge in [0.15, 0.2) is 0 Å². The molecule has 0 bridgehead atoms. The Bertz CT molecular complexity index is 46.8. The minimum atomic E-state index is -2.51. The molecule has 0 aromatic carbocycles. The molecule has 0 rings (SSSR count). The first-order valence-corrected chi connectivity index (χ1v) is 1.72. The lowest BCUT2D eigenvalue weighted by Gasteiger charge is -1.89. The molecule has 0 aliphatic rings. The summed E-state index contributed by atoms with van der Waals surface area (Å²) < 4.78 is 21.7. The van der Waals surface area contributed by atoms with E-state index in [9.17, 15) is 8.78 Å². The first kappa shape index (κ1) is 5.75. The molecule has 0 atom stereocenters. The fourth-order valence-electron chi connectivity index (χ4n) is 0.0514. The molecule has 0 spiro atoms. The van der Waals surface area contributed by atoms with Crippen LogP contribution in [0.4, 0.5) is 8.78 Å². The van der Waals surface area contributed by atoms with Gasteiger partial charge in [-0.2, -0.15) is 8.78 Å². The van der Waals surface area contributed by atoms with Gasteiger partial charge in [0, 0.05) is 0 Å². The van der Waals surface area contributed by atoms with Crippen LogP contribution in [0.3, 0.4) is 0 Å². The zero-order chi connectivity index (χ0) is 4.99. The number of hydrogen-bond acceptors (Lipinski definition) is 1. The van der Waals surface area contributed by atoms with Gasteiger partial charge in [-0.1, -0.05) is 12.2 Å². The van der Waals surface area contributed by atoms with E-state index >= 15 is 0 Å². The molecule has 0 heterocycles. The zero-order valence-electron chi connectivity index (χ0n) is 2.82. The number of nitrogens with one attached hydrogen (secondary N) is 1. The van der Waals surface area contributed by atoms with Crippen molar-refractivity contribution < 1.29 is 8.78 Å². The summed E-state index contributed by atoms with van der Waals surface area (Å²) in [5, 5.41) is 1.56. The zero-order valence-corrected chi connectivity index (χ0v) is 3.64. The van der Waals surface area contributed by atoms with Gasteiger partial charge in [-0.3, -0.25) is 0 Å². The Morgan fingerprint density at radius 3 is 2.17 bits per heavy atom. The first-order valence-electron chi connectivity index (χ1n) is 1.25. The van der Waals surface area contributed by atoms with Crippen molar-refractivity contribution in [3.63, 3.8) is 0 Å². The minimum absolute atomic E-state index is 0.782. The standard InChI is InChI=1S/C2H3F2NS/c3-2(4)5-1-6/h1-2H,(H,5,6). The van der Waals surface area contributed by atoms with E-state index in [2.05, 4.69) is 12.2 Å². The quantitative estimate of drug-likeness (QED) is 0.417. The van der Waals surface area contributed by atoms with Crippen molar-refractivity contribution in [2.24, 2.45) is 0 Å². The molecular weight excluding hydrogens is 108 g/mol. The highest BCUT2D eigenvalue weighted by Gasteiger charge is 1.90. The van der Waals surface area contributed by atoms with Crippen LogP contribution in [0.25, 0.3) is 0 Å². The Labute approximate surface area is 39.3 Å². The average molecular weight is 111 g/mol. The molecule has 0 aliphatic carbocycles. The van der Waals surface area contributed by atoms with Crippen LogP contribution < -0.4 is 5.32 Å². The van der Waals surface area contributed by atoms with E-state index in [0.717, 1.165) is 5.49 Å². The molecule has 1 N–H and O–H groups in total. The van der Waals surface area contributed by atoms with Crippen molar-refractivity contribution in [2.75, 3.05) is 0 Å². The Morgan fingerprint density at radius 2 is 2.17 bits per heavy atom. The highest BCUT2D eigenvalue weighted by molar-refractivity contribution is 7.78. The van der Waals surface area contributed by atoms with E-state index in [1.165, 1.54) is 0 Å². The molecule has 4 heteroatoms. The third-order valence-electron chi connectivity index (χ3n) is 0.194. The van der Waals surface area contributed by atoms with Gasteiger partial charge in [0.25, 0.3) is 0 Å². The predicted octanol–water partition coefficient (Wildman–Crippen LogP) is 0.756. The van der Waals surface area contributed by atoms with Gasteiger partial charge in [-0.15, -0.1) is 0 Å². The minimum Gasteiger partial charge on any atom is -0.327 e. The Balaban J connectivity index is 2.81. The molecule has 0 aliphatic heterocycles. The summed E-state index contributed by atoms with van der Waals surface area (Å²) in [4.78, 5) is 0. The highest BCUT2D eigenvalue weighted by atomic mass is 32.1. The van der Waals surface area contributed by atoms with Gasteiger partial charge in [0.1, 0.15) is 0 Å². The second-order valence-electron chi connectivity index (χ2n) is 0.585. The summed E-state index contributed by atoms with van der Waals surface area (Å²) in [6.45, 7) is -2.51. The largest absolute Gasteiger partial charge is 0.327 e. The van der Waals surface area contributed by atoms with Gasteiger partial charge in [0.2, 0.25) is 0 Å². The molecule has 0 aromatic heterocycles. The van der Waals surface area contributed by atoms with Crippen molar-refractivity contribution in [1.82, 2.24) is 5.32 Å². The number of rotatable bonds is 2. The van der Waals surface area contributed by atoms with Crippen LogP contribution in [0.5, 0.6) is 0 Å². The van der Waals surface area contributed by atoms with Crippen LogP contribution in [0, 0.1) is 0 Å². The third kappa shape index (κ3) is 3.75.